The summed E-state index contributed by atoms with van der Waals surface area (Å²) in [6.45, 7) is 6.23. The van der Waals surface area contributed by atoms with Crippen LogP contribution in [0.1, 0.15) is 38.3 Å². The fourth-order valence-corrected chi connectivity index (χ4v) is 4.78. The highest BCUT2D eigenvalue weighted by molar-refractivity contribution is 7.92. The first-order chi connectivity index (χ1) is 16.8. The van der Waals surface area contributed by atoms with E-state index in [4.69, 9.17) is 11.6 Å². The Morgan fingerprint density at radius 1 is 1.17 bits per heavy atom. The number of sulfonamides is 1. The average molecular weight is 539 g/mol. The van der Waals surface area contributed by atoms with Crippen molar-refractivity contribution in [1.29, 1.82) is 0 Å². The number of halogens is 1. The Morgan fingerprint density at radius 2 is 1.81 bits per heavy atom. The first-order valence-corrected chi connectivity index (χ1v) is 13.5. The van der Waals surface area contributed by atoms with Crippen LogP contribution < -0.4 is 9.62 Å². The van der Waals surface area contributed by atoms with Crippen LogP contribution in [0.2, 0.25) is 5.02 Å². The molecule has 12 heteroatoms. The number of nitrogens with one attached hydrogen (secondary N) is 1. The zero-order valence-corrected chi connectivity index (χ0v) is 22.5. The van der Waals surface area contributed by atoms with Crippen molar-refractivity contribution in [2.45, 2.75) is 52.7 Å². The van der Waals surface area contributed by atoms with Crippen molar-refractivity contribution in [3.8, 4) is 0 Å². The van der Waals surface area contributed by atoms with E-state index in [1.54, 1.807) is 52.0 Å². The van der Waals surface area contributed by atoms with Gasteiger partial charge in [-0.2, -0.15) is 0 Å². The van der Waals surface area contributed by atoms with Crippen LogP contribution in [0.5, 0.6) is 0 Å². The number of amides is 2. The third-order valence-electron chi connectivity index (χ3n) is 5.47. The third-order valence-corrected chi connectivity index (χ3v) is 6.96. The number of carbonyl (C=O) groups excluding carboxylic acids is 2. The maximum atomic E-state index is 13.7. The number of nitro groups is 1. The summed E-state index contributed by atoms with van der Waals surface area (Å²) in [5, 5.41) is 14.5. The zero-order valence-electron chi connectivity index (χ0n) is 20.9. The quantitative estimate of drug-likeness (QED) is 0.343. The lowest BCUT2D eigenvalue weighted by molar-refractivity contribution is -0.384. The highest BCUT2D eigenvalue weighted by Crippen LogP contribution is 2.28. The van der Waals surface area contributed by atoms with Gasteiger partial charge in [-0.25, -0.2) is 8.42 Å². The normalized spacial score (nSPS) is 12.2. The zero-order chi connectivity index (χ0) is 27.2. The van der Waals surface area contributed by atoms with E-state index in [2.05, 4.69) is 5.32 Å². The van der Waals surface area contributed by atoms with Crippen LogP contribution in [0.4, 0.5) is 11.4 Å². The Balaban J connectivity index is 2.55. The molecule has 36 heavy (non-hydrogen) atoms. The largest absolute Gasteiger partial charge is 0.352 e. The van der Waals surface area contributed by atoms with Gasteiger partial charge in [0.05, 0.1) is 16.9 Å². The lowest BCUT2D eigenvalue weighted by atomic mass is 10.1. The molecule has 0 radical (unpaired) electrons. The second kappa shape index (κ2) is 12.2. The van der Waals surface area contributed by atoms with E-state index in [0.29, 0.717) is 16.1 Å². The molecule has 0 aliphatic carbocycles. The summed E-state index contributed by atoms with van der Waals surface area (Å²) in [6.07, 6.45) is 1.18. The van der Waals surface area contributed by atoms with Gasteiger partial charge < -0.3 is 10.2 Å². The first-order valence-electron chi connectivity index (χ1n) is 11.3. The van der Waals surface area contributed by atoms with Gasteiger partial charge in [0.1, 0.15) is 12.6 Å². The van der Waals surface area contributed by atoms with Gasteiger partial charge in [-0.1, -0.05) is 42.8 Å². The highest BCUT2D eigenvalue weighted by atomic mass is 35.5. The van der Waals surface area contributed by atoms with E-state index in [0.717, 1.165) is 16.6 Å². The Kier molecular flexibility index (Phi) is 9.83. The molecule has 0 spiro atoms. The smallest absolute Gasteiger partial charge is 0.271 e. The molecule has 1 atom stereocenters. The van der Waals surface area contributed by atoms with Crippen molar-refractivity contribution in [1.82, 2.24) is 10.2 Å². The lowest BCUT2D eigenvalue weighted by Crippen LogP contribution is -2.53. The molecule has 0 heterocycles. The van der Waals surface area contributed by atoms with Crippen LogP contribution in [0.25, 0.3) is 0 Å². The predicted molar refractivity (Wildman–Crippen MR) is 139 cm³/mol. The summed E-state index contributed by atoms with van der Waals surface area (Å²) in [4.78, 5) is 38.6. The van der Waals surface area contributed by atoms with Crippen LogP contribution in [0.15, 0.2) is 42.5 Å². The molecule has 1 N–H and O–H groups in total. The fraction of sp³-hybridized carbons (Fsp3) is 0.417. The fourth-order valence-electron chi connectivity index (χ4n) is 3.69. The molecule has 0 aromatic heterocycles. The van der Waals surface area contributed by atoms with Crippen LogP contribution in [-0.2, 0) is 26.2 Å². The van der Waals surface area contributed by atoms with Gasteiger partial charge in [0.25, 0.3) is 5.69 Å². The third kappa shape index (κ3) is 7.41. The van der Waals surface area contributed by atoms with Gasteiger partial charge in [0, 0.05) is 29.7 Å². The van der Waals surface area contributed by atoms with E-state index in [9.17, 15) is 28.1 Å². The highest BCUT2D eigenvalue weighted by Gasteiger charge is 2.33. The van der Waals surface area contributed by atoms with Crippen molar-refractivity contribution in [3.05, 3.63) is 68.7 Å². The van der Waals surface area contributed by atoms with Gasteiger partial charge >= 0.3 is 0 Å². The molecule has 2 aromatic carbocycles. The minimum absolute atomic E-state index is 0.0115. The number of rotatable bonds is 11. The number of hydrogen-bond donors (Lipinski definition) is 1. The molecule has 0 unspecified atom stereocenters. The van der Waals surface area contributed by atoms with Crippen molar-refractivity contribution >= 4 is 44.8 Å². The second-order valence-electron chi connectivity index (χ2n) is 8.70. The summed E-state index contributed by atoms with van der Waals surface area (Å²) in [7, 11) is -4.03. The molecule has 10 nitrogen and oxygen atoms in total. The van der Waals surface area contributed by atoms with Crippen LogP contribution in [0.3, 0.4) is 0 Å². The van der Waals surface area contributed by atoms with Gasteiger partial charge in [-0.15, -0.1) is 0 Å². The molecule has 0 saturated carbocycles. The Labute approximate surface area is 216 Å². The van der Waals surface area contributed by atoms with Crippen LogP contribution in [-0.4, -0.2) is 54.9 Å². The molecule has 2 amide bonds. The minimum atomic E-state index is -4.03. The van der Waals surface area contributed by atoms with Gasteiger partial charge in [-0.05, 0) is 44.4 Å². The van der Waals surface area contributed by atoms with E-state index < -0.39 is 33.4 Å². The number of anilines is 1. The van der Waals surface area contributed by atoms with Crippen molar-refractivity contribution in [2.75, 3.05) is 17.1 Å². The number of nitro benzene ring substituents is 1. The van der Waals surface area contributed by atoms with E-state index in [1.165, 1.54) is 17.0 Å². The average Bonchev–Trinajstić information content (AvgIpc) is 2.77. The summed E-state index contributed by atoms with van der Waals surface area (Å²) in [6, 6.07) is 9.57. The lowest BCUT2D eigenvalue weighted by Gasteiger charge is -2.33. The summed E-state index contributed by atoms with van der Waals surface area (Å²) in [5.74, 6) is -1.04. The molecule has 0 fully saturated rings. The molecule has 0 aliphatic rings. The number of hydrogen-bond acceptors (Lipinski definition) is 6. The van der Waals surface area contributed by atoms with E-state index >= 15 is 0 Å². The molecule has 0 bridgehead atoms. The molecule has 0 saturated heterocycles. The van der Waals surface area contributed by atoms with E-state index in [-0.39, 0.29) is 36.3 Å². The van der Waals surface area contributed by atoms with Crippen molar-refractivity contribution in [2.24, 2.45) is 0 Å². The van der Waals surface area contributed by atoms with Crippen LogP contribution in [0, 0.1) is 17.0 Å². The first kappa shape index (κ1) is 29.1. The molecule has 0 aliphatic heterocycles. The topological polar surface area (TPSA) is 130 Å². The number of non-ortho nitro benzene ring substituents is 1. The van der Waals surface area contributed by atoms with Gasteiger partial charge in [0.2, 0.25) is 21.8 Å². The predicted octanol–water partition coefficient (Wildman–Crippen LogP) is 3.65. The van der Waals surface area contributed by atoms with Gasteiger partial charge in [0.15, 0.2) is 0 Å². The Bertz CT molecular complexity index is 1230. The maximum absolute atomic E-state index is 13.7. The number of nitrogens with zero attached hydrogens (tertiary/aromatic N) is 3. The molecule has 2 aromatic rings. The van der Waals surface area contributed by atoms with Crippen LogP contribution >= 0.6 is 11.6 Å². The van der Waals surface area contributed by atoms with Crippen molar-refractivity contribution < 1.29 is 22.9 Å². The summed E-state index contributed by atoms with van der Waals surface area (Å²) >= 11 is 6.32. The molecule has 196 valence electrons. The van der Waals surface area contributed by atoms with Crippen molar-refractivity contribution in [3.63, 3.8) is 0 Å². The summed E-state index contributed by atoms with van der Waals surface area (Å²) < 4.78 is 26.3. The second-order valence-corrected chi connectivity index (χ2v) is 11.0. The number of aryl methyl sites for hydroxylation is 1. The molecular weight excluding hydrogens is 508 g/mol. The Hall–Kier alpha value is -3.18. The number of benzene rings is 2. The maximum Gasteiger partial charge on any atom is 0.271 e. The monoisotopic (exact) mass is 538 g/mol. The minimum Gasteiger partial charge on any atom is -0.352 e. The van der Waals surface area contributed by atoms with E-state index in [1.807, 2.05) is 0 Å². The molecule has 2 rings (SSSR count). The number of carbonyl (C=O) groups is 2. The standard InChI is InChI=1S/C24H31ClN4O6S/c1-6-21(24(31)26-16(2)3)27(14-18-9-7-8-10-20(18)25)23(30)15-28(36(5,34)35)22-13-19(29(32)33)12-11-17(22)4/h7-13,16,21H,6,14-15H2,1-5H3,(H,26,31)/t21-/m0/s1. The SMILES string of the molecule is CC[C@@H](C(=O)NC(C)C)N(Cc1ccccc1Cl)C(=O)CN(c1cc([N+](=O)[O-])ccc1C)S(C)(=O)=O. The van der Waals surface area contributed by atoms with Gasteiger partial charge in [-0.3, -0.25) is 24.0 Å². The summed E-state index contributed by atoms with van der Waals surface area (Å²) in [5.41, 5.74) is 0.714. The molecular formula is C24H31ClN4O6S. The Morgan fingerprint density at radius 3 is 2.33 bits per heavy atom.